The zero-order valence-corrected chi connectivity index (χ0v) is 45.4. The minimum Gasteiger partial charge on any atom is -0.393 e. The Hall–Kier alpha value is -5.35. The zero-order valence-electron chi connectivity index (χ0n) is 45.4. The molecule has 0 aromatic heterocycles. The topological polar surface area (TPSA) is 362 Å². The summed E-state index contributed by atoms with van der Waals surface area (Å²) in [5.74, 6) is -8.18. The highest BCUT2D eigenvalue weighted by atomic mass is 16.3. The van der Waals surface area contributed by atoms with Gasteiger partial charge in [-0.15, -0.1) is 0 Å². The maximum atomic E-state index is 14.6. The molecule has 1 aliphatic rings. The number of unbranched alkanes of at least 4 members (excludes halogenated alkanes) is 4. The lowest BCUT2D eigenvalue weighted by Crippen LogP contribution is -2.59. The molecule has 0 unspecified atom stereocenters. The van der Waals surface area contributed by atoms with Crippen molar-refractivity contribution in [2.45, 2.75) is 193 Å². The minimum absolute atomic E-state index is 0.00687. The molecule has 75 heavy (non-hydrogen) atoms. The first-order valence-electron chi connectivity index (χ1n) is 27.4. The molecule has 0 radical (unpaired) electrons. The van der Waals surface area contributed by atoms with Gasteiger partial charge >= 0.3 is 0 Å². The average molecular weight is 1060 g/mol. The maximum Gasteiger partial charge on any atom is 0.243 e. The van der Waals surface area contributed by atoms with Crippen LogP contribution in [0.2, 0.25) is 0 Å². The second-order valence-electron chi connectivity index (χ2n) is 20.9. The molecule has 0 bridgehead atoms. The fourth-order valence-electron chi connectivity index (χ4n) is 9.09. The van der Waals surface area contributed by atoms with E-state index in [4.69, 9.17) is 22.9 Å². The van der Waals surface area contributed by atoms with E-state index in [0.717, 1.165) is 37.7 Å². The van der Waals surface area contributed by atoms with Crippen LogP contribution in [0.25, 0.3) is 0 Å². The van der Waals surface area contributed by atoms with Gasteiger partial charge in [-0.25, -0.2) is 0 Å². The summed E-state index contributed by atoms with van der Waals surface area (Å²) in [6.07, 6.45) is 3.87. The molecule has 21 nitrogen and oxygen atoms in total. The highest BCUT2D eigenvalue weighted by molar-refractivity contribution is 5.98. The molecular weight excluding hydrogens is 963 g/mol. The van der Waals surface area contributed by atoms with Crippen molar-refractivity contribution in [3.8, 4) is 0 Å². The van der Waals surface area contributed by atoms with Crippen molar-refractivity contribution in [2.75, 3.05) is 32.7 Å². The Morgan fingerprint density at radius 2 is 1.15 bits per heavy atom. The van der Waals surface area contributed by atoms with Crippen LogP contribution in [0.5, 0.6) is 0 Å². The molecule has 1 aliphatic heterocycles. The van der Waals surface area contributed by atoms with Crippen LogP contribution in [0, 0.1) is 23.7 Å². The molecule has 1 fully saturated rings. The molecule has 7 amide bonds. The molecule has 2 rings (SSSR count). The molecule has 0 aliphatic carbocycles. The van der Waals surface area contributed by atoms with Crippen LogP contribution >= 0.6 is 0 Å². The number of Topliss-reactive ketones (excluding diaryl/α,β-unsaturated/α-hetero) is 2. The highest BCUT2D eigenvalue weighted by Crippen LogP contribution is 2.20. The first-order valence-corrected chi connectivity index (χ1v) is 27.4. The number of hydrogen-bond donors (Lipinski definition) is 12. The van der Waals surface area contributed by atoms with Gasteiger partial charge in [0.05, 0.1) is 24.6 Å². The van der Waals surface area contributed by atoms with Crippen molar-refractivity contribution in [1.29, 1.82) is 0 Å². The van der Waals surface area contributed by atoms with Crippen molar-refractivity contribution in [1.82, 2.24) is 37.2 Å². The summed E-state index contributed by atoms with van der Waals surface area (Å²) in [5.41, 5.74) is 24.4. The Balaban J connectivity index is 2.71. The lowest BCUT2D eigenvalue weighted by Gasteiger charge is -2.28. The summed E-state index contributed by atoms with van der Waals surface area (Å²) in [4.78, 5) is 127. The summed E-state index contributed by atoms with van der Waals surface area (Å²) in [6, 6.07) is 1.90. The van der Waals surface area contributed by atoms with Gasteiger partial charge in [0.2, 0.25) is 41.4 Å². The van der Waals surface area contributed by atoms with Crippen molar-refractivity contribution >= 4 is 52.9 Å². The first kappa shape index (κ1) is 65.8. The van der Waals surface area contributed by atoms with Gasteiger partial charge in [-0.2, -0.15) is 0 Å². The van der Waals surface area contributed by atoms with Crippen LogP contribution in [0.15, 0.2) is 30.3 Å². The van der Waals surface area contributed by atoms with E-state index in [2.05, 4.69) is 44.1 Å². The minimum atomic E-state index is -1.24. The number of ketones is 2. The summed E-state index contributed by atoms with van der Waals surface area (Å²) in [7, 11) is 0. The monoisotopic (exact) mass is 1060 g/mol. The summed E-state index contributed by atoms with van der Waals surface area (Å²) in [5, 5.41) is 29.9. The van der Waals surface area contributed by atoms with Gasteiger partial charge in [0.25, 0.3) is 0 Å². The van der Waals surface area contributed by atoms with Crippen LogP contribution < -0.4 is 60.2 Å². The largest absolute Gasteiger partial charge is 0.393 e. The maximum absolute atomic E-state index is 14.6. The fourth-order valence-corrected chi connectivity index (χ4v) is 9.09. The number of carbonyl (C=O) groups excluding carboxylic acids is 9. The Morgan fingerprint density at radius 1 is 0.613 bits per heavy atom. The molecule has 16 N–H and O–H groups in total. The third-order valence-electron chi connectivity index (χ3n) is 13.3. The van der Waals surface area contributed by atoms with Gasteiger partial charge in [-0.1, -0.05) is 97.1 Å². The number of nitrogens with one attached hydrogen (secondary N) is 7. The fraction of sp³-hybridized carbons (Fsp3) is 0.722. The predicted molar refractivity (Wildman–Crippen MR) is 288 cm³/mol. The van der Waals surface area contributed by atoms with E-state index >= 15 is 0 Å². The lowest BCUT2D eigenvalue weighted by molar-refractivity contribution is -0.136. The van der Waals surface area contributed by atoms with Gasteiger partial charge in [-0.05, 0) is 108 Å². The van der Waals surface area contributed by atoms with E-state index in [1.165, 1.54) is 0 Å². The smallest absolute Gasteiger partial charge is 0.243 e. The summed E-state index contributed by atoms with van der Waals surface area (Å²) >= 11 is 0. The molecule has 0 spiro atoms. The van der Waals surface area contributed by atoms with Crippen LogP contribution in [0.4, 0.5) is 0 Å². The van der Waals surface area contributed by atoms with E-state index in [0.29, 0.717) is 12.8 Å². The van der Waals surface area contributed by atoms with E-state index in [1.807, 2.05) is 27.7 Å². The van der Waals surface area contributed by atoms with Crippen LogP contribution in [0.3, 0.4) is 0 Å². The quantitative estimate of drug-likeness (QED) is 0.0543. The molecular formula is C54H93N11O10. The van der Waals surface area contributed by atoms with Gasteiger partial charge in [0.15, 0.2) is 11.6 Å². The number of hydrogen-bond acceptors (Lipinski definition) is 14. The van der Waals surface area contributed by atoms with E-state index in [-0.39, 0.29) is 109 Å². The SMILES string of the molecule is CCCCCCC[C@@H](O)CC(=O)N[C@H](CCN)C(=O)C[C@H]1CCNC(=O)[C@H](CC(C)C)NC(=O)[C@H](CCN)NC(=O)[C@H](CCN)NC(=O)[C@H](CC(C)C)NC(=O)[C@@H](Cc2ccccc2)CC(=O)[C@H](CCCN)NC1=O. The number of aliphatic hydroxyl groups excluding tert-OH is 1. The summed E-state index contributed by atoms with van der Waals surface area (Å²) in [6.45, 7) is 9.44. The van der Waals surface area contributed by atoms with Gasteiger partial charge in [0.1, 0.15) is 24.2 Å². The van der Waals surface area contributed by atoms with Crippen molar-refractivity contribution < 1.29 is 48.3 Å². The third kappa shape index (κ3) is 25.8. The molecule has 1 aromatic rings. The van der Waals surface area contributed by atoms with Crippen LogP contribution in [-0.4, -0.2) is 133 Å². The van der Waals surface area contributed by atoms with Crippen molar-refractivity contribution in [3.05, 3.63) is 35.9 Å². The lowest BCUT2D eigenvalue weighted by atomic mass is 9.88. The van der Waals surface area contributed by atoms with Gasteiger partial charge < -0.3 is 65.3 Å². The Labute approximate surface area is 444 Å². The number of nitrogens with two attached hydrogens (primary N) is 4. The zero-order chi connectivity index (χ0) is 55.9. The Kier molecular flexibility index (Phi) is 32.1. The van der Waals surface area contributed by atoms with Gasteiger partial charge in [-0.3, -0.25) is 43.2 Å². The molecule has 1 heterocycles. The standard InChI is InChI=1S/C54H93N11O10/c1-6-7-8-9-13-17-39(66)33-48(69)60-41(19-24-56)46(67)31-37-22-27-59-51(72)44(28-34(2)3)65-53(74)43(21-26-58)62-52(73)42(20-25-57)63-54(75)45(29-35(4)5)64-50(71)38(30-36-15-11-10-12-16-36)32-47(68)40(18-14-23-55)61-49(37)70/h10-12,15-16,34-35,37-45,66H,6-9,13-14,17-33,55-58H2,1-5H3,(H,59,72)(H,60,69)(H,61,70)(H,62,73)(H,63,75)(H,64,71)(H,65,74)/t37-,38+,39-,40+,41-,42+,43+,44+,45+/m1/s1. The predicted octanol–water partition coefficient (Wildman–Crippen LogP) is 0.798. The third-order valence-corrected chi connectivity index (χ3v) is 13.3. The van der Waals surface area contributed by atoms with E-state index in [1.54, 1.807) is 30.3 Å². The second kappa shape index (κ2) is 36.6. The average Bonchev–Trinajstić information content (AvgIpc) is 3.35. The van der Waals surface area contributed by atoms with Gasteiger partial charge in [0, 0.05) is 31.2 Å². The number of rotatable bonds is 27. The van der Waals surface area contributed by atoms with Crippen LogP contribution in [-0.2, 0) is 49.6 Å². The number of benzene rings is 1. The molecule has 21 heteroatoms. The van der Waals surface area contributed by atoms with E-state index < -0.39 is 114 Å². The first-order chi connectivity index (χ1) is 35.8. The molecule has 424 valence electrons. The molecule has 0 saturated carbocycles. The van der Waals surface area contributed by atoms with E-state index in [9.17, 15) is 48.3 Å². The normalized spacial score (nSPS) is 23.0. The van der Waals surface area contributed by atoms with Crippen molar-refractivity contribution in [2.24, 2.45) is 46.6 Å². The number of amides is 7. The molecule has 9 atom stereocenters. The summed E-state index contributed by atoms with van der Waals surface area (Å²) < 4.78 is 0. The Bertz CT molecular complexity index is 1940. The molecule has 1 saturated heterocycles. The number of aliphatic hydroxyl groups is 1. The molecule has 1 aromatic carbocycles. The van der Waals surface area contributed by atoms with Crippen molar-refractivity contribution in [3.63, 3.8) is 0 Å². The highest BCUT2D eigenvalue weighted by Gasteiger charge is 2.36. The second-order valence-corrected chi connectivity index (χ2v) is 20.9. The number of carbonyl (C=O) groups is 9. The Morgan fingerprint density at radius 3 is 1.71 bits per heavy atom. The van der Waals surface area contributed by atoms with Crippen LogP contribution in [0.1, 0.15) is 149 Å².